The van der Waals surface area contributed by atoms with Gasteiger partial charge in [-0.15, -0.1) is 0 Å². The monoisotopic (exact) mass is 284 g/mol. The Morgan fingerprint density at radius 2 is 1.86 bits per heavy atom. The van der Waals surface area contributed by atoms with E-state index in [-0.39, 0.29) is 23.0 Å². The molecule has 108 valence electrons. The number of anilines is 2. The number of hydrogen-bond donors (Lipinski definition) is 4. The van der Waals surface area contributed by atoms with E-state index in [9.17, 15) is 15.0 Å². The fourth-order valence-electron chi connectivity index (χ4n) is 2.48. The van der Waals surface area contributed by atoms with Gasteiger partial charge in [-0.2, -0.15) is 0 Å². The lowest BCUT2D eigenvalue weighted by atomic mass is 10.0. The first-order valence-corrected chi connectivity index (χ1v) is 6.83. The number of aryl methyl sites for hydroxylation is 1. The van der Waals surface area contributed by atoms with Crippen LogP contribution in [0.4, 0.5) is 11.4 Å². The largest absolute Gasteiger partial charge is 0.508 e. The number of hydrogen-bond acceptors (Lipinski definition) is 4. The highest BCUT2D eigenvalue weighted by molar-refractivity contribution is 6.04. The molecule has 0 aromatic heterocycles. The first-order chi connectivity index (χ1) is 10.1. The first kappa shape index (κ1) is 13.3. The van der Waals surface area contributed by atoms with Crippen molar-refractivity contribution in [2.75, 3.05) is 17.2 Å². The molecule has 0 aliphatic carbocycles. The van der Waals surface area contributed by atoms with E-state index in [1.807, 2.05) is 18.2 Å². The van der Waals surface area contributed by atoms with Crippen LogP contribution in [0.15, 0.2) is 36.4 Å². The molecule has 0 fully saturated rings. The summed E-state index contributed by atoms with van der Waals surface area (Å²) < 4.78 is 0. The van der Waals surface area contributed by atoms with E-state index < -0.39 is 0 Å². The summed E-state index contributed by atoms with van der Waals surface area (Å²) in [7, 11) is 0. The number of rotatable bonds is 2. The molecule has 1 amide bonds. The zero-order valence-corrected chi connectivity index (χ0v) is 11.4. The first-order valence-electron chi connectivity index (χ1n) is 6.83. The maximum absolute atomic E-state index is 12.1. The van der Waals surface area contributed by atoms with Gasteiger partial charge in [0.05, 0.1) is 0 Å². The molecular weight excluding hydrogens is 268 g/mol. The van der Waals surface area contributed by atoms with Crippen LogP contribution in [-0.2, 0) is 6.42 Å². The van der Waals surface area contributed by atoms with Crippen molar-refractivity contribution in [1.82, 2.24) is 0 Å². The van der Waals surface area contributed by atoms with Crippen molar-refractivity contribution < 1.29 is 15.0 Å². The predicted octanol–water partition coefficient (Wildman–Crippen LogP) is 2.71. The molecule has 1 heterocycles. The number of carbonyl (C=O) groups excluding carboxylic acids is 1. The third-order valence-corrected chi connectivity index (χ3v) is 3.47. The summed E-state index contributed by atoms with van der Waals surface area (Å²) in [6.45, 7) is 0.973. The summed E-state index contributed by atoms with van der Waals surface area (Å²) in [6.07, 6.45) is 2.06. The van der Waals surface area contributed by atoms with Gasteiger partial charge in [-0.1, -0.05) is 0 Å². The lowest BCUT2D eigenvalue weighted by Gasteiger charge is -2.18. The number of aromatic hydroxyl groups is 2. The average Bonchev–Trinajstić information content (AvgIpc) is 2.46. The standard InChI is InChI=1S/C16H16N2O3/c19-13-7-11(8-14(20)9-13)16(21)18-12-3-4-15-10(6-12)2-1-5-17-15/h3-4,6-9,17,19-20H,1-2,5H2,(H,18,21). The van der Waals surface area contributed by atoms with Gasteiger partial charge in [0.2, 0.25) is 0 Å². The summed E-state index contributed by atoms with van der Waals surface area (Å²) in [5.41, 5.74) is 3.20. The highest BCUT2D eigenvalue weighted by Crippen LogP contribution is 2.26. The zero-order valence-electron chi connectivity index (χ0n) is 11.4. The number of phenols is 2. The van der Waals surface area contributed by atoms with Gasteiger partial charge in [0.25, 0.3) is 5.91 Å². The Labute approximate surface area is 122 Å². The van der Waals surface area contributed by atoms with Gasteiger partial charge in [-0.25, -0.2) is 0 Å². The van der Waals surface area contributed by atoms with Crippen molar-refractivity contribution in [1.29, 1.82) is 0 Å². The zero-order chi connectivity index (χ0) is 14.8. The molecule has 5 nitrogen and oxygen atoms in total. The highest BCUT2D eigenvalue weighted by Gasteiger charge is 2.12. The second kappa shape index (κ2) is 5.36. The van der Waals surface area contributed by atoms with Crippen LogP contribution in [0, 0.1) is 0 Å². The minimum Gasteiger partial charge on any atom is -0.508 e. The van der Waals surface area contributed by atoms with Crippen molar-refractivity contribution in [2.24, 2.45) is 0 Å². The van der Waals surface area contributed by atoms with E-state index in [2.05, 4.69) is 10.6 Å². The van der Waals surface area contributed by atoms with Crippen molar-refractivity contribution in [2.45, 2.75) is 12.8 Å². The van der Waals surface area contributed by atoms with Gasteiger partial charge in [0.15, 0.2) is 0 Å². The maximum Gasteiger partial charge on any atom is 0.255 e. The summed E-state index contributed by atoms with van der Waals surface area (Å²) in [5, 5.41) is 24.9. The van der Waals surface area contributed by atoms with Crippen LogP contribution in [0.25, 0.3) is 0 Å². The van der Waals surface area contributed by atoms with E-state index in [1.165, 1.54) is 23.8 Å². The van der Waals surface area contributed by atoms with Crippen molar-refractivity contribution in [3.63, 3.8) is 0 Å². The smallest absolute Gasteiger partial charge is 0.255 e. The topological polar surface area (TPSA) is 81.6 Å². The van der Waals surface area contributed by atoms with Gasteiger partial charge in [0, 0.05) is 29.5 Å². The minimum absolute atomic E-state index is 0.144. The average molecular weight is 284 g/mol. The quantitative estimate of drug-likeness (QED) is 0.683. The fraction of sp³-hybridized carbons (Fsp3) is 0.188. The molecule has 0 saturated heterocycles. The second-order valence-corrected chi connectivity index (χ2v) is 5.09. The molecule has 0 unspecified atom stereocenters. The molecule has 4 N–H and O–H groups in total. The lowest BCUT2D eigenvalue weighted by Crippen LogP contribution is -2.14. The van der Waals surface area contributed by atoms with Gasteiger partial charge in [-0.3, -0.25) is 4.79 Å². The number of nitrogens with one attached hydrogen (secondary N) is 2. The molecule has 0 atom stereocenters. The van der Waals surface area contributed by atoms with Gasteiger partial charge < -0.3 is 20.8 Å². The number of phenolic OH excluding ortho intramolecular Hbond substituents is 2. The van der Waals surface area contributed by atoms with Crippen LogP contribution in [0.2, 0.25) is 0 Å². The van der Waals surface area contributed by atoms with Crippen LogP contribution in [0.1, 0.15) is 22.3 Å². The van der Waals surface area contributed by atoms with Crippen LogP contribution in [0.5, 0.6) is 11.5 Å². The Morgan fingerprint density at radius 3 is 2.62 bits per heavy atom. The Morgan fingerprint density at radius 1 is 1.10 bits per heavy atom. The van der Waals surface area contributed by atoms with Crippen LogP contribution in [0.3, 0.4) is 0 Å². The van der Waals surface area contributed by atoms with Crippen molar-refractivity contribution in [3.8, 4) is 11.5 Å². The van der Waals surface area contributed by atoms with E-state index in [0.717, 1.165) is 25.1 Å². The second-order valence-electron chi connectivity index (χ2n) is 5.09. The van der Waals surface area contributed by atoms with E-state index >= 15 is 0 Å². The summed E-state index contributed by atoms with van der Waals surface area (Å²) >= 11 is 0. The Bertz CT molecular complexity index is 678. The molecule has 3 rings (SSSR count). The number of fused-ring (bicyclic) bond motifs is 1. The third-order valence-electron chi connectivity index (χ3n) is 3.47. The molecular formula is C16H16N2O3. The molecule has 5 heteroatoms. The molecule has 0 spiro atoms. The minimum atomic E-state index is -0.370. The SMILES string of the molecule is O=C(Nc1ccc2c(c1)CCCN2)c1cc(O)cc(O)c1. The number of carbonyl (C=O) groups is 1. The van der Waals surface area contributed by atoms with Gasteiger partial charge in [0.1, 0.15) is 11.5 Å². The summed E-state index contributed by atoms with van der Waals surface area (Å²) in [4.78, 5) is 12.1. The number of benzene rings is 2. The normalized spacial score (nSPS) is 13.1. The molecule has 21 heavy (non-hydrogen) atoms. The van der Waals surface area contributed by atoms with Gasteiger partial charge in [-0.05, 0) is 48.7 Å². The summed E-state index contributed by atoms with van der Waals surface area (Å²) in [5.74, 6) is -0.658. The molecule has 1 aliphatic heterocycles. The fourth-order valence-corrected chi connectivity index (χ4v) is 2.48. The summed E-state index contributed by atoms with van der Waals surface area (Å²) in [6, 6.07) is 9.54. The molecule has 0 saturated carbocycles. The van der Waals surface area contributed by atoms with E-state index in [4.69, 9.17) is 0 Å². The Hall–Kier alpha value is -2.69. The highest BCUT2D eigenvalue weighted by atomic mass is 16.3. The van der Waals surface area contributed by atoms with Crippen LogP contribution in [-0.4, -0.2) is 22.7 Å². The number of amides is 1. The van der Waals surface area contributed by atoms with E-state index in [1.54, 1.807) is 0 Å². The molecule has 1 aliphatic rings. The molecule has 2 aromatic carbocycles. The lowest BCUT2D eigenvalue weighted by molar-refractivity contribution is 0.102. The Balaban J connectivity index is 1.81. The molecule has 0 radical (unpaired) electrons. The maximum atomic E-state index is 12.1. The van der Waals surface area contributed by atoms with Crippen LogP contribution < -0.4 is 10.6 Å². The van der Waals surface area contributed by atoms with E-state index in [0.29, 0.717) is 5.69 Å². The van der Waals surface area contributed by atoms with Crippen molar-refractivity contribution in [3.05, 3.63) is 47.5 Å². The van der Waals surface area contributed by atoms with Gasteiger partial charge >= 0.3 is 0 Å². The predicted molar refractivity (Wildman–Crippen MR) is 81.0 cm³/mol. The third kappa shape index (κ3) is 2.91. The molecule has 0 bridgehead atoms. The Kier molecular flexibility index (Phi) is 3.39. The van der Waals surface area contributed by atoms with Crippen LogP contribution >= 0.6 is 0 Å². The van der Waals surface area contributed by atoms with Crippen molar-refractivity contribution >= 4 is 17.3 Å². The molecule has 2 aromatic rings.